The molecule has 1 aromatic carbocycles. The lowest BCUT2D eigenvalue weighted by atomic mass is 10.2. The highest BCUT2D eigenvalue weighted by atomic mass is 35.5. The maximum atomic E-state index is 6.15. The second-order valence-electron chi connectivity index (χ2n) is 3.97. The van der Waals surface area contributed by atoms with E-state index >= 15 is 0 Å². The quantitative estimate of drug-likeness (QED) is 0.696. The molecule has 94 valence electrons. The second kappa shape index (κ2) is 5.03. The molecule has 0 unspecified atom stereocenters. The zero-order valence-corrected chi connectivity index (χ0v) is 11.3. The molecule has 0 aliphatic carbocycles. The molecule has 0 saturated carbocycles. The van der Waals surface area contributed by atoms with Crippen molar-refractivity contribution >= 4 is 45.6 Å². The van der Waals surface area contributed by atoms with Gasteiger partial charge in [0.25, 0.3) is 0 Å². The number of aromatic nitrogens is 2. The van der Waals surface area contributed by atoms with E-state index in [1.54, 1.807) is 12.3 Å². The minimum atomic E-state index is 0.441. The molecular formula is C14H9Cl2N3. The van der Waals surface area contributed by atoms with Crippen molar-refractivity contribution in [2.75, 3.05) is 5.32 Å². The highest BCUT2D eigenvalue weighted by molar-refractivity contribution is 6.35. The fourth-order valence-corrected chi connectivity index (χ4v) is 2.23. The fourth-order valence-electron chi connectivity index (χ4n) is 1.85. The lowest BCUT2D eigenvalue weighted by Gasteiger charge is -2.09. The van der Waals surface area contributed by atoms with Crippen molar-refractivity contribution in [3.8, 4) is 0 Å². The number of nitrogens with zero attached hydrogens (tertiary/aromatic N) is 2. The molecule has 3 aromatic rings. The van der Waals surface area contributed by atoms with Crippen LogP contribution in [0.2, 0.25) is 10.2 Å². The van der Waals surface area contributed by atoms with E-state index in [0.717, 1.165) is 16.6 Å². The Bertz CT molecular complexity index is 744. The number of hydrogen-bond donors (Lipinski definition) is 1. The molecule has 2 aromatic heterocycles. The smallest absolute Gasteiger partial charge is 0.132 e. The minimum absolute atomic E-state index is 0.441. The average Bonchev–Trinajstić information content (AvgIpc) is 2.42. The van der Waals surface area contributed by atoms with Gasteiger partial charge in [-0.1, -0.05) is 29.3 Å². The Morgan fingerprint density at radius 1 is 0.947 bits per heavy atom. The van der Waals surface area contributed by atoms with Gasteiger partial charge in [0, 0.05) is 11.6 Å². The normalized spacial score (nSPS) is 10.6. The Morgan fingerprint density at radius 2 is 1.84 bits per heavy atom. The largest absolute Gasteiger partial charge is 0.338 e. The van der Waals surface area contributed by atoms with Crippen molar-refractivity contribution < 1.29 is 0 Å². The molecule has 5 heteroatoms. The van der Waals surface area contributed by atoms with Gasteiger partial charge in [-0.3, -0.25) is 4.98 Å². The van der Waals surface area contributed by atoms with Gasteiger partial charge in [-0.2, -0.15) is 0 Å². The lowest BCUT2D eigenvalue weighted by Crippen LogP contribution is -1.95. The third-order valence-corrected chi connectivity index (χ3v) is 3.23. The van der Waals surface area contributed by atoms with Crippen LogP contribution < -0.4 is 5.32 Å². The number of anilines is 2. The summed E-state index contributed by atoms with van der Waals surface area (Å²) in [5.74, 6) is 0.668. The highest BCUT2D eigenvalue weighted by Crippen LogP contribution is 2.29. The van der Waals surface area contributed by atoms with Crippen LogP contribution in [0.25, 0.3) is 10.9 Å². The molecule has 3 rings (SSSR count). The fraction of sp³-hybridized carbons (Fsp3) is 0. The Kier molecular flexibility index (Phi) is 3.23. The SMILES string of the molecule is Clc1cccc(Nc2ccc(Cl)c3cccnc23)n1. The molecule has 3 nitrogen and oxygen atoms in total. The van der Waals surface area contributed by atoms with Crippen LogP contribution in [0.3, 0.4) is 0 Å². The maximum Gasteiger partial charge on any atom is 0.132 e. The molecule has 0 amide bonds. The Hall–Kier alpha value is -1.84. The first-order valence-corrected chi connectivity index (χ1v) is 6.42. The number of hydrogen-bond acceptors (Lipinski definition) is 3. The summed E-state index contributed by atoms with van der Waals surface area (Å²) in [5, 5.41) is 5.21. The summed E-state index contributed by atoms with van der Waals surface area (Å²) in [4.78, 5) is 8.54. The Morgan fingerprint density at radius 3 is 2.68 bits per heavy atom. The molecule has 2 heterocycles. The predicted octanol–water partition coefficient (Wildman–Crippen LogP) is 4.68. The molecular weight excluding hydrogens is 281 g/mol. The zero-order valence-electron chi connectivity index (χ0n) is 9.77. The van der Waals surface area contributed by atoms with Crippen LogP contribution >= 0.6 is 23.2 Å². The van der Waals surface area contributed by atoms with Crippen molar-refractivity contribution in [3.63, 3.8) is 0 Å². The van der Waals surface area contributed by atoms with Crippen LogP contribution in [-0.4, -0.2) is 9.97 Å². The van der Waals surface area contributed by atoms with Crippen LogP contribution in [-0.2, 0) is 0 Å². The Labute approximate surface area is 120 Å². The first-order chi connectivity index (χ1) is 9.24. The van der Waals surface area contributed by atoms with Gasteiger partial charge in [0.2, 0.25) is 0 Å². The van der Waals surface area contributed by atoms with Crippen LogP contribution in [0.4, 0.5) is 11.5 Å². The monoisotopic (exact) mass is 289 g/mol. The van der Waals surface area contributed by atoms with E-state index < -0.39 is 0 Å². The van der Waals surface area contributed by atoms with Crippen molar-refractivity contribution in [2.24, 2.45) is 0 Å². The van der Waals surface area contributed by atoms with Gasteiger partial charge in [-0.15, -0.1) is 0 Å². The minimum Gasteiger partial charge on any atom is -0.338 e. The average molecular weight is 290 g/mol. The van der Waals surface area contributed by atoms with Gasteiger partial charge in [0.1, 0.15) is 11.0 Å². The first kappa shape index (κ1) is 12.2. The van der Waals surface area contributed by atoms with Crippen molar-refractivity contribution in [1.82, 2.24) is 9.97 Å². The van der Waals surface area contributed by atoms with Gasteiger partial charge < -0.3 is 5.32 Å². The van der Waals surface area contributed by atoms with E-state index in [9.17, 15) is 0 Å². The second-order valence-corrected chi connectivity index (χ2v) is 4.76. The van der Waals surface area contributed by atoms with E-state index in [-0.39, 0.29) is 0 Å². The van der Waals surface area contributed by atoms with E-state index in [0.29, 0.717) is 16.0 Å². The van der Waals surface area contributed by atoms with Crippen molar-refractivity contribution in [2.45, 2.75) is 0 Å². The third-order valence-electron chi connectivity index (χ3n) is 2.69. The predicted molar refractivity (Wildman–Crippen MR) is 79.3 cm³/mol. The summed E-state index contributed by atoms with van der Waals surface area (Å²) in [5.41, 5.74) is 1.64. The van der Waals surface area contributed by atoms with Gasteiger partial charge in [-0.05, 0) is 36.4 Å². The van der Waals surface area contributed by atoms with E-state index in [1.807, 2.05) is 36.4 Å². The van der Waals surface area contributed by atoms with Crippen LogP contribution in [0.1, 0.15) is 0 Å². The van der Waals surface area contributed by atoms with Crippen molar-refractivity contribution in [1.29, 1.82) is 0 Å². The zero-order chi connectivity index (χ0) is 13.2. The van der Waals surface area contributed by atoms with Gasteiger partial charge in [0.05, 0.1) is 16.2 Å². The number of benzene rings is 1. The number of pyridine rings is 2. The molecule has 19 heavy (non-hydrogen) atoms. The van der Waals surface area contributed by atoms with Crippen molar-refractivity contribution in [3.05, 3.63) is 58.8 Å². The summed E-state index contributed by atoms with van der Waals surface area (Å²) in [6.45, 7) is 0. The van der Waals surface area contributed by atoms with Crippen LogP contribution in [0.5, 0.6) is 0 Å². The third kappa shape index (κ3) is 2.48. The lowest BCUT2D eigenvalue weighted by molar-refractivity contribution is 1.30. The number of rotatable bonds is 2. The summed E-state index contributed by atoms with van der Waals surface area (Å²) in [6, 6.07) is 12.9. The van der Waals surface area contributed by atoms with Crippen LogP contribution in [0.15, 0.2) is 48.7 Å². The van der Waals surface area contributed by atoms with Gasteiger partial charge in [0.15, 0.2) is 0 Å². The molecule has 0 aliphatic rings. The molecule has 1 N–H and O–H groups in total. The molecule has 0 saturated heterocycles. The number of fused-ring (bicyclic) bond motifs is 1. The number of halogens is 2. The van der Waals surface area contributed by atoms with E-state index in [4.69, 9.17) is 23.2 Å². The van der Waals surface area contributed by atoms with Gasteiger partial charge in [-0.25, -0.2) is 4.98 Å². The summed E-state index contributed by atoms with van der Waals surface area (Å²) in [7, 11) is 0. The Balaban J connectivity index is 2.09. The molecule has 0 fully saturated rings. The molecule has 0 atom stereocenters. The van der Waals surface area contributed by atoms with Crippen LogP contribution in [0, 0.1) is 0 Å². The van der Waals surface area contributed by atoms with E-state index in [2.05, 4.69) is 15.3 Å². The molecule has 0 aliphatic heterocycles. The number of nitrogens with one attached hydrogen (secondary N) is 1. The van der Waals surface area contributed by atoms with Gasteiger partial charge >= 0.3 is 0 Å². The molecule has 0 spiro atoms. The summed E-state index contributed by atoms with van der Waals surface area (Å²) < 4.78 is 0. The van der Waals surface area contributed by atoms with E-state index in [1.165, 1.54) is 0 Å². The standard InChI is InChI=1S/C14H9Cl2N3/c15-10-6-7-11(14-9(10)3-2-8-17-14)18-13-5-1-4-12(16)19-13/h1-8H,(H,18,19). The topological polar surface area (TPSA) is 37.8 Å². The summed E-state index contributed by atoms with van der Waals surface area (Å²) >= 11 is 12.0. The molecule has 0 radical (unpaired) electrons. The summed E-state index contributed by atoms with van der Waals surface area (Å²) in [6.07, 6.45) is 1.73. The first-order valence-electron chi connectivity index (χ1n) is 5.67. The highest BCUT2D eigenvalue weighted by Gasteiger charge is 2.06. The maximum absolute atomic E-state index is 6.15. The molecule has 0 bridgehead atoms.